The third-order valence-corrected chi connectivity index (χ3v) is 4.56. The second-order valence-electron chi connectivity index (χ2n) is 5.85. The molecule has 0 aromatic carbocycles. The van der Waals surface area contributed by atoms with Crippen LogP contribution in [0.25, 0.3) is 0 Å². The molecule has 2 rings (SSSR count). The van der Waals surface area contributed by atoms with Crippen LogP contribution in [0.2, 0.25) is 0 Å². The first-order valence-corrected chi connectivity index (χ1v) is 6.78. The predicted molar refractivity (Wildman–Crippen MR) is 71.1 cm³/mol. The Kier molecular flexibility index (Phi) is 3.52. The molecule has 0 spiro atoms. The van der Waals surface area contributed by atoms with Gasteiger partial charge in [0.15, 0.2) is 0 Å². The molecule has 0 aromatic rings. The molecule has 1 heterocycles. The highest BCUT2D eigenvalue weighted by atomic mass is 16.5. The summed E-state index contributed by atoms with van der Waals surface area (Å²) < 4.78 is 5.66. The summed E-state index contributed by atoms with van der Waals surface area (Å²) in [4.78, 5) is 14.4. The summed E-state index contributed by atoms with van der Waals surface area (Å²) in [6, 6.07) is 0. The van der Waals surface area contributed by atoms with Crippen LogP contribution < -0.4 is 5.73 Å². The summed E-state index contributed by atoms with van der Waals surface area (Å²) in [6.45, 7) is 8.19. The Bertz CT molecular complexity index is 365. The van der Waals surface area contributed by atoms with Gasteiger partial charge in [-0.25, -0.2) is 0 Å². The van der Waals surface area contributed by atoms with Crippen molar-refractivity contribution in [3.8, 4) is 0 Å². The molecule has 102 valence electrons. The quantitative estimate of drug-likeness (QED) is 0.770. The zero-order valence-corrected chi connectivity index (χ0v) is 11.6. The largest absolute Gasteiger partial charge is 0.378 e. The van der Waals surface area contributed by atoms with Gasteiger partial charge >= 0.3 is 0 Å². The van der Waals surface area contributed by atoms with E-state index in [0.717, 1.165) is 13.0 Å². The molecule has 4 nitrogen and oxygen atoms in total. The standard InChI is InChI=1S/C14H24N2O2/c1-4-18-11-10-14(15,13(11,2)3)12(17)16-8-6-5-7-9-16/h5-6,11H,4,7-10,15H2,1-3H3. The van der Waals surface area contributed by atoms with Gasteiger partial charge in [0.25, 0.3) is 0 Å². The summed E-state index contributed by atoms with van der Waals surface area (Å²) >= 11 is 0. The molecular formula is C14H24N2O2. The van der Waals surface area contributed by atoms with Crippen molar-refractivity contribution < 1.29 is 9.53 Å². The Labute approximate surface area is 109 Å². The van der Waals surface area contributed by atoms with E-state index in [1.807, 2.05) is 31.7 Å². The number of amides is 1. The Morgan fingerprint density at radius 3 is 2.72 bits per heavy atom. The number of ether oxygens (including phenoxy) is 1. The number of hydrogen-bond donors (Lipinski definition) is 1. The van der Waals surface area contributed by atoms with E-state index in [-0.39, 0.29) is 17.4 Å². The van der Waals surface area contributed by atoms with Gasteiger partial charge in [0.2, 0.25) is 5.91 Å². The Morgan fingerprint density at radius 2 is 2.22 bits per heavy atom. The zero-order chi connectivity index (χ0) is 13.4. The first-order chi connectivity index (χ1) is 8.43. The average Bonchev–Trinajstić information content (AvgIpc) is 2.38. The van der Waals surface area contributed by atoms with Crippen molar-refractivity contribution >= 4 is 5.91 Å². The number of carbonyl (C=O) groups excluding carboxylic acids is 1. The lowest BCUT2D eigenvalue weighted by Gasteiger charge is -2.58. The third-order valence-electron chi connectivity index (χ3n) is 4.56. The van der Waals surface area contributed by atoms with Crippen LogP contribution in [0.15, 0.2) is 12.2 Å². The van der Waals surface area contributed by atoms with Crippen LogP contribution in [0.4, 0.5) is 0 Å². The summed E-state index contributed by atoms with van der Waals surface area (Å²) in [5.74, 6) is 0.0767. The molecule has 1 amide bonds. The molecule has 1 fully saturated rings. The van der Waals surface area contributed by atoms with Crippen molar-refractivity contribution in [1.82, 2.24) is 4.90 Å². The van der Waals surface area contributed by atoms with Crippen molar-refractivity contribution in [2.24, 2.45) is 11.1 Å². The summed E-state index contributed by atoms with van der Waals surface area (Å²) in [5.41, 5.74) is 5.32. The molecule has 0 aromatic heterocycles. The highest BCUT2D eigenvalue weighted by Gasteiger charge is 2.63. The van der Waals surface area contributed by atoms with Gasteiger partial charge in [0.1, 0.15) is 5.54 Å². The Hall–Kier alpha value is -0.870. The van der Waals surface area contributed by atoms with Crippen molar-refractivity contribution in [2.75, 3.05) is 19.7 Å². The zero-order valence-electron chi connectivity index (χ0n) is 11.6. The van der Waals surface area contributed by atoms with Crippen LogP contribution >= 0.6 is 0 Å². The Balaban J connectivity index is 2.08. The minimum Gasteiger partial charge on any atom is -0.378 e. The second kappa shape index (κ2) is 4.67. The molecule has 0 bridgehead atoms. The number of nitrogens with two attached hydrogens (primary N) is 1. The van der Waals surface area contributed by atoms with Gasteiger partial charge in [0, 0.05) is 31.5 Å². The maximum absolute atomic E-state index is 12.6. The summed E-state index contributed by atoms with van der Waals surface area (Å²) in [5, 5.41) is 0. The van der Waals surface area contributed by atoms with Crippen LogP contribution in [0, 0.1) is 5.41 Å². The number of carbonyl (C=O) groups is 1. The van der Waals surface area contributed by atoms with E-state index in [4.69, 9.17) is 10.5 Å². The van der Waals surface area contributed by atoms with Crippen LogP contribution in [-0.4, -0.2) is 42.1 Å². The first-order valence-electron chi connectivity index (χ1n) is 6.78. The lowest BCUT2D eigenvalue weighted by atomic mass is 9.54. The number of rotatable bonds is 3. The monoisotopic (exact) mass is 252 g/mol. The van der Waals surface area contributed by atoms with E-state index in [1.54, 1.807) is 0 Å². The minimum atomic E-state index is -0.766. The van der Waals surface area contributed by atoms with Crippen molar-refractivity contribution in [2.45, 2.75) is 45.3 Å². The van der Waals surface area contributed by atoms with Gasteiger partial charge in [-0.15, -0.1) is 0 Å². The minimum absolute atomic E-state index is 0.0767. The van der Waals surface area contributed by atoms with E-state index >= 15 is 0 Å². The van der Waals surface area contributed by atoms with E-state index in [1.165, 1.54) is 0 Å². The number of hydrogen-bond acceptors (Lipinski definition) is 3. The first kappa shape index (κ1) is 13.6. The highest BCUT2D eigenvalue weighted by molar-refractivity contribution is 5.89. The molecule has 2 aliphatic rings. The molecule has 1 saturated carbocycles. The molecule has 2 N–H and O–H groups in total. The lowest BCUT2D eigenvalue weighted by molar-refractivity contribution is -0.179. The normalized spacial score (nSPS) is 34.2. The molecule has 1 aliphatic carbocycles. The number of nitrogens with zero attached hydrogens (tertiary/aromatic N) is 1. The molecule has 0 saturated heterocycles. The highest BCUT2D eigenvalue weighted by Crippen LogP contribution is 2.50. The molecule has 2 atom stereocenters. The lowest BCUT2D eigenvalue weighted by Crippen LogP contribution is -2.76. The summed E-state index contributed by atoms with van der Waals surface area (Å²) in [6.07, 6.45) is 5.80. The maximum Gasteiger partial charge on any atom is 0.243 e. The van der Waals surface area contributed by atoms with E-state index in [9.17, 15) is 4.79 Å². The van der Waals surface area contributed by atoms with Gasteiger partial charge < -0.3 is 15.4 Å². The average molecular weight is 252 g/mol. The van der Waals surface area contributed by atoms with Crippen LogP contribution in [0.1, 0.15) is 33.6 Å². The van der Waals surface area contributed by atoms with Crippen LogP contribution in [0.5, 0.6) is 0 Å². The van der Waals surface area contributed by atoms with E-state index in [2.05, 4.69) is 6.08 Å². The van der Waals surface area contributed by atoms with Crippen LogP contribution in [-0.2, 0) is 9.53 Å². The van der Waals surface area contributed by atoms with Crippen molar-refractivity contribution in [1.29, 1.82) is 0 Å². The van der Waals surface area contributed by atoms with Gasteiger partial charge in [0.05, 0.1) is 6.10 Å². The summed E-state index contributed by atoms with van der Waals surface area (Å²) in [7, 11) is 0. The SMILES string of the molecule is CCOC1CC(N)(C(=O)N2CC=CCC2)C1(C)C. The van der Waals surface area contributed by atoms with Crippen molar-refractivity contribution in [3.05, 3.63) is 12.2 Å². The van der Waals surface area contributed by atoms with E-state index in [0.29, 0.717) is 19.6 Å². The molecule has 1 aliphatic heterocycles. The Morgan fingerprint density at radius 1 is 1.50 bits per heavy atom. The van der Waals surface area contributed by atoms with Crippen molar-refractivity contribution in [3.63, 3.8) is 0 Å². The third kappa shape index (κ3) is 1.88. The fourth-order valence-electron chi connectivity index (χ4n) is 2.91. The van der Waals surface area contributed by atoms with Gasteiger partial charge in [-0.2, -0.15) is 0 Å². The van der Waals surface area contributed by atoms with Gasteiger partial charge in [-0.3, -0.25) is 4.79 Å². The molecule has 4 heteroatoms. The fourth-order valence-corrected chi connectivity index (χ4v) is 2.91. The maximum atomic E-state index is 12.6. The predicted octanol–water partition coefficient (Wildman–Crippen LogP) is 1.31. The fraction of sp³-hybridized carbons (Fsp3) is 0.786. The molecular weight excluding hydrogens is 228 g/mol. The topological polar surface area (TPSA) is 55.6 Å². The van der Waals surface area contributed by atoms with Gasteiger partial charge in [-0.1, -0.05) is 26.0 Å². The molecule has 0 radical (unpaired) electrons. The van der Waals surface area contributed by atoms with Gasteiger partial charge in [-0.05, 0) is 13.3 Å². The van der Waals surface area contributed by atoms with E-state index < -0.39 is 5.54 Å². The smallest absolute Gasteiger partial charge is 0.243 e. The molecule has 18 heavy (non-hydrogen) atoms. The molecule has 2 unspecified atom stereocenters. The second-order valence-corrected chi connectivity index (χ2v) is 5.85. The van der Waals surface area contributed by atoms with Crippen LogP contribution in [0.3, 0.4) is 0 Å².